The smallest absolute Gasteiger partial charge is 0.160 e. The first-order valence-corrected chi connectivity index (χ1v) is 14.6. The van der Waals surface area contributed by atoms with Crippen molar-refractivity contribution in [3.63, 3.8) is 0 Å². The molecule has 0 radical (unpaired) electrons. The quantitative estimate of drug-likeness (QED) is 0.196. The number of hydrogen-bond donors (Lipinski definition) is 0. The highest BCUT2D eigenvalue weighted by Crippen LogP contribution is 2.31. The molecule has 4 heteroatoms. The molecule has 0 saturated heterocycles. The summed E-state index contributed by atoms with van der Waals surface area (Å²) in [7, 11) is 0. The second-order valence-electron chi connectivity index (χ2n) is 10.8. The molecule has 0 atom stereocenters. The van der Waals surface area contributed by atoms with Crippen LogP contribution in [0.4, 0.5) is 0 Å². The van der Waals surface area contributed by atoms with E-state index in [2.05, 4.69) is 126 Å². The number of fused-ring (bicyclic) bond motifs is 3. The topological polar surface area (TPSA) is 51.6 Å². The minimum atomic E-state index is 0.699. The maximum atomic E-state index is 5.02. The van der Waals surface area contributed by atoms with E-state index in [1.54, 1.807) is 0 Å². The average Bonchev–Trinajstić information content (AvgIpc) is 3.12. The summed E-state index contributed by atoms with van der Waals surface area (Å²) < 4.78 is 0. The summed E-state index contributed by atoms with van der Waals surface area (Å²) >= 11 is 0. The van der Waals surface area contributed by atoms with Crippen molar-refractivity contribution in [2.45, 2.75) is 0 Å². The highest BCUT2D eigenvalue weighted by atomic mass is 14.9. The number of rotatable bonds is 5. The van der Waals surface area contributed by atoms with Crippen LogP contribution in [0.2, 0.25) is 0 Å². The van der Waals surface area contributed by atoms with E-state index in [4.69, 9.17) is 15.0 Å². The lowest BCUT2D eigenvalue weighted by atomic mass is 10.0. The summed E-state index contributed by atoms with van der Waals surface area (Å²) in [6, 6.07) is 52.1. The summed E-state index contributed by atoms with van der Waals surface area (Å²) in [5, 5.41) is 2.17. The van der Waals surface area contributed by atoms with Crippen molar-refractivity contribution in [3.8, 4) is 56.3 Å². The van der Waals surface area contributed by atoms with Gasteiger partial charge in [-0.2, -0.15) is 0 Å². The standard InChI is InChI=1S/C40H26N4/c1-3-8-27(9-4-1)28-13-15-30(16-14-28)36-26-37(44-40(43-36)34-10-5-2-6-11-34)31-19-17-29(18-20-31)35-24-23-33-22-21-32-12-7-25-41-38(32)39(33)42-35/h1-26H. The summed E-state index contributed by atoms with van der Waals surface area (Å²) in [5.41, 5.74) is 10.9. The second-order valence-corrected chi connectivity index (χ2v) is 10.8. The van der Waals surface area contributed by atoms with Crippen LogP contribution in [0.3, 0.4) is 0 Å². The van der Waals surface area contributed by atoms with Crippen molar-refractivity contribution in [2.75, 3.05) is 0 Å². The van der Waals surface area contributed by atoms with E-state index < -0.39 is 0 Å². The van der Waals surface area contributed by atoms with Gasteiger partial charge in [-0.3, -0.25) is 4.98 Å². The Morgan fingerprint density at radius 3 is 1.45 bits per heavy atom. The lowest BCUT2D eigenvalue weighted by molar-refractivity contribution is 1.18. The molecule has 0 fully saturated rings. The van der Waals surface area contributed by atoms with Crippen LogP contribution in [0, 0.1) is 0 Å². The third kappa shape index (κ3) is 4.89. The van der Waals surface area contributed by atoms with Gasteiger partial charge in [0.15, 0.2) is 5.82 Å². The van der Waals surface area contributed by atoms with E-state index in [0.717, 1.165) is 61.1 Å². The summed E-state index contributed by atoms with van der Waals surface area (Å²) in [4.78, 5) is 19.6. The highest BCUT2D eigenvalue weighted by Gasteiger charge is 2.12. The fourth-order valence-corrected chi connectivity index (χ4v) is 5.62. The Kier molecular flexibility index (Phi) is 6.43. The van der Waals surface area contributed by atoms with Crippen molar-refractivity contribution in [1.82, 2.24) is 19.9 Å². The van der Waals surface area contributed by atoms with E-state index in [1.165, 1.54) is 11.1 Å². The number of hydrogen-bond acceptors (Lipinski definition) is 4. The van der Waals surface area contributed by atoms with Crippen LogP contribution in [-0.2, 0) is 0 Å². The molecule has 0 saturated carbocycles. The molecule has 0 amide bonds. The Bertz CT molecular complexity index is 2240. The largest absolute Gasteiger partial charge is 0.254 e. The van der Waals surface area contributed by atoms with Gasteiger partial charge in [-0.05, 0) is 29.3 Å². The molecule has 0 unspecified atom stereocenters. The van der Waals surface area contributed by atoms with Gasteiger partial charge in [0.05, 0.1) is 28.1 Å². The SMILES string of the molecule is c1ccc(-c2ccc(-c3cc(-c4ccc(-c5ccc6ccc7cccnc7c6n5)cc4)nc(-c4ccccc4)n3)cc2)cc1. The van der Waals surface area contributed by atoms with Gasteiger partial charge in [-0.1, -0.05) is 133 Å². The van der Waals surface area contributed by atoms with Crippen LogP contribution < -0.4 is 0 Å². The Morgan fingerprint density at radius 2 is 0.818 bits per heavy atom. The van der Waals surface area contributed by atoms with Crippen molar-refractivity contribution in [1.29, 1.82) is 0 Å². The lowest BCUT2D eigenvalue weighted by Crippen LogP contribution is -1.96. The van der Waals surface area contributed by atoms with Crippen molar-refractivity contribution < 1.29 is 0 Å². The minimum absolute atomic E-state index is 0.699. The van der Waals surface area contributed by atoms with E-state index in [1.807, 2.05) is 36.5 Å². The monoisotopic (exact) mass is 562 g/mol. The summed E-state index contributed by atoms with van der Waals surface area (Å²) in [6.45, 7) is 0. The van der Waals surface area contributed by atoms with Crippen LogP contribution in [0.1, 0.15) is 0 Å². The predicted octanol–water partition coefficient (Wildman–Crippen LogP) is 9.91. The van der Waals surface area contributed by atoms with Crippen molar-refractivity contribution in [3.05, 3.63) is 158 Å². The van der Waals surface area contributed by atoms with Gasteiger partial charge in [-0.15, -0.1) is 0 Å². The summed E-state index contributed by atoms with van der Waals surface area (Å²) in [6.07, 6.45) is 1.82. The Morgan fingerprint density at radius 1 is 0.318 bits per heavy atom. The molecule has 5 aromatic carbocycles. The first kappa shape index (κ1) is 25.7. The third-order valence-corrected chi connectivity index (χ3v) is 7.95. The molecule has 0 spiro atoms. The Balaban J connectivity index is 1.18. The molecule has 0 aliphatic heterocycles. The van der Waals surface area contributed by atoms with Gasteiger partial charge in [0.25, 0.3) is 0 Å². The fourth-order valence-electron chi connectivity index (χ4n) is 5.62. The predicted molar refractivity (Wildman–Crippen MR) is 180 cm³/mol. The van der Waals surface area contributed by atoms with E-state index in [0.29, 0.717) is 5.82 Å². The zero-order valence-electron chi connectivity index (χ0n) is 23.8. The van der Waals surface area contributed by atoms with E-state index in [9.17, 15) is 0 Å². The molecule has 0 N–H and O–H groups in total. The molecule has 206 valence electrons. The van der Waals surface area contributed by atoms with Gasteiger partial charge < -0.3 is 0 Å². The molecule has 8 rings (SSSR count). The Labute approximate surface area is 255 Å². The van der Waals surface area contributed by atoms with Crippen molar-refractivity contribution in [2.24, 2.45) is 0 Å². The molecular weight excluding hydrogens is 536 g/mol. The fraction of sp³-hybridized carbons (Fsp3) is 0. The van der Waals surface area contributed by atoms with Crippen molar-refractivity contribution >= 4 is 21.8 Å². The molecule has 4 nitrogen and oxygen atoms in total. The number of nitrogens with zero attached hydrogens (tertiary/aromatic N) is 4. The normalized spacial score (nSPS) is 11.2. The first-order chi connectivity index (χ1) is 21.8. The molecule has 0 aliphatic carbocycles. The third-order valence-electron chi connectivity index (χ3n) is 7.95. The average molecular weight is 563 g/mol. The van der Waals surface area contributed by atoms with Gasteiger partial charge in [0.2, 0.25) is 0 Å². The molecule has 3 heterocycles. The van der Waals surface area contributed by atoms with Gasteiger partial charge in [0.1, 0.15) is 0 Å². The number of pyridine rings is 2. The molecule has 3 aromatic heterocycles. The van der Waals surface area contributed by atoms with Crippen LogP contribution >= 0.6 is 0 Å². The van der Waals surface area contributed by atoms with Crippen LogP contribution in [0.5, 0.6) is 0 Å². The molecule has 44 heavy (non-hydrogen) atoms. The molecule has 8 aromatic rings. The second kappa shape index (κ2) is 11.0. The highest BCUT2D eigenvalue weighted by molar-refractivity contribution is 6.03. The van der Waals surface area contributed by atoms with Crippen LogP contribution in [0.25, 0.3) is 78.1 Å². The summed E-state index contributed by atoms with van der Waals surface area (Å²) in [5.74, 6) is 0.699. The molecule has 0 aliphatic rings. The maximum Gasteiger partial charge on any atom is 0.160 e. The zero-order valence-corrected chi connectivity index (χ0v) is 23.8. The van der Waals surface area contributed by atoms with Crippen LogP contribution in [-0.4, -0.2) is 19.9 Å². The minimum Gasteiger partial charge on any atom is -0.254 e. The lowest BCUT2D eigenvalue weighted by Gasteiger charge is -2.11. The maximum absolute atomic E-state index is 5.02. The van der Waals surface area contributed by atoms with Gasteiger partial charge >= 0.3 is 0 Å². The molecular formula is C40H26N4. The van der Waals surface area contributed by atoms with Gasteiger partial charge in [-0.25, -0.2) is 15.0 Å². The first-order valence-electron chi connectivity index (χ1n) is 14.6. The van der Waals surface area contributed by atoms with E-state index in [-0.39, 0.29) is 0 Å². The van der Waals surface area contributed by atoms with E-state index >= 15 is 0 Å². The number of aromatic nitrogens is 4. The zero-order chi connectivity index (χ0) is 29.3. The van der Waals surface area contributed by atoms with Gasteiger partial charge in [0, 0.05) is 39.2 Å². The Hall–Kier alpha value is -6.00. The number of benzene rings is 5. The van der Waals surface area contributed by atoms with Crippen LogP contribution in [0.15, 0.2) is 158 Å². The molecule has 0 bridgehead atoms.